The average molecular weight is 198 g/mol. The Balaban J connectivity index is 1.99. The van der Waals surface area contributed by atoms with Crippen molar-refractivity contribution in [3.63, 3.8) is 0 Å². The fourth-order valence-electron chi connectivity index (χ4n) is 2.25. The summed E-state index contributed by atoms with van der Waals surface area (Å²) in [6.07, 6.45) is 10.6. The molecule has 1 saturated carbocycles. The zero-order valence-electron chi connectivity index (χ0n) is 9.60. The van der Waals surface area contributed by atoms with Gasteiger partial charge in [-0.05, 0) is 25.8 Å². The Kier molecular flexibility index (Phi) is 6.20. The maximum absolute atomic E-state index is 6.06. The predicted octanol–water partition coefficient (Wildman–Crippen LogP) is 2.43. The van der Waals surface area contributed by atoms with Crippen LogP contribution in [0, 0.1) is 0 Å². The number of nitrogens with two attached hydrogens (primary N) is 1. The summed E-state index contributed by atoms with van der Waals surface area (Å²) in [5.74, 6) is 0. The van der Waals surface area contributed by atoms with Gasteiger partial charge < -0.3 is 11.1 Å². The Morgan fingerprint density at radius 3 is 2.64 bits per heavy atom. The highest BCUT2D eigenvalue weighted by molar-refractivity contribution is 4.83. The molecule has 0 saturated heterocycles. The quantitative estimate of drug-likeness (QED) is 0.643. The molecule has 0 amide bonds. The van der Waals surface area contributed by atoms with Gasteiger partial charge >= 0.3 is 0 Å². The van der Waals surface area contributed by atoms with Crippen LogP contribution in [0.25, 0.3) is 0 Å². The molecule has 0 bridgehead atoms. The number of rotatable bonds is 6. The molecule has 1 rings (SSSR count). The molecule has 2 unspecified atom stereocenters. The molecule has 2 atom stereocenters. The number of unbranched alkanes of at least 4 members (excludes halogenated alkanes) is 3. The smallest absolute Gasteiger partial charge is 0.0219 e. The Morgan fingerprint density at radius 2 is 1.93 bits per heavy atom. The molecule has 2 heteroatoms. The Morgan fingerprint density at radius 1 is 1.14 bits per heavy atom. The molecule has 0 aromatic carbocycles. The molecule has 1 aliphatic carbocycles. The summed E-state index contributed by atoms with van der Waals surface area (Å²) in [6, 6.07) is 1.01. The molecule has 0 aromatic heterocycles. The summed E-state index contributed by atoms with van der Waals surface area (Å²) in [5.41, 5.74) is 6.06. The van der Waals surface area contributed by atoms with Gasteiger partial charge in [0.05, 0.1) is 0 Å². The summed E-state index contributed by atoms with van der Waals surface area (Å²) < 4.78 is 0. The van der Waals surface area contributed by atoms with E-state index in [1.807, 2.05) is 0 Å². The van der Waals surface area contributed by atoms with Gasteiger partial charge in [-0.1, -0.05) is 39.0 Å². The highest BCUT2D eigenvalue weighted by Crippen LogP contribution is 2.16. The van der Waals surface area contributed by atoms with Gasteiger partial charge in [0.25, 0.3) is 0 Å². The molecule has 0 heterocycles. The van der Waals surface area contributed by atoms with Crippen LogP contribution in [0.2, 0.25) is 0 Å². The third-order valence-corrected chi connectivity index (χ3v) is 3.26. The Labute approximate surface area is 88.6 Å². The lowest BCUT2D eigenvalue weighted by atomic mass is 9.91. The summed E-state index contributed by atoms with van der Waals surface area (Å²) in [5, 5.41) is 3.61. The standard InChI is InChI=1S/C12H26N2/c1-2-3-4-7-10-14-12-9-6-5-8-11(12)13/h11-12,14H,2-10,13H2,1H3. The van der Waals surface area contributed by atoms with Gasteiger partial charge in [0.15, 0.2) is 0 Å². The first-order valence-corrected chi connectivity index (χ1v) is 6.33. The highest BCUT2D eigenvalue weighted by atomic mass is 14.9. The van der Waals surface area contributed by atoms with Crippen LogP contribution in [0.4, 0.5) is 0 Å². The molecule has 3 N–H and O–H groups in total. The van der Waals surface area contributed by atoms with Crippen molar-refractivity contribution in [2.75, 3.05) is 6.54 Å². The lowest BCUT2D eigenvalue weighted by Crippen LogP contribution is -2.47. The maximum Gasteiger partial charge on any atom is 0.0219 e. The fraction of sp³-hybridized carbons (Fsp3) is 1.00. The van der Waals surface area contributed by atoms with Crippen LogP contribution in [-0.4, -0.2) is 18.6 Å². The second kappa shape index (κ2) is 7.24. The Bertz CT molecular complexity index is 136. The van der Waals surface area contributed by atoms with Crippen LogP contribution in [0.1, 0.15) is 58.3 Å². The van der Waals surface area contributed by atoms with Crippen molar-refractivity contribution in [3.05, 3.63) is 0 Å². The summed E-state index contributed by atoms with van der Waals surface area (Å²) in [7, 11) is 0. The van der Waals surface area contributed by atoms with Crippen molar-refractivity contribution in [2.24, 2.45) is 5.73 Å². The van der Waals surface area contributed by atoms with E-state index in [0.29, 0.717) is 12.1 Å². The topological polar surface area (TPSA) is 38.0 Å². The fourth-order valence-corrected chi connectivity index (χ4v) is 2.25. The van der Waals surface area contributed by atoms with Crippen LogP contribution in [-0.2, 0) is 0 Å². The van der Waals surface area contributed by atoms with Crippen LogP contribution < -0.4 is 11.1 Å². The molecule has 0 spiro atoms. The highest BCUT2D eigenvalue weighted by Gasteiger charge is 2.20. The molecular weight excluding hydrogens is 172 g/mol. The van der Waals surface area contributed by atoms with E-state index in [-0.39, 0.29) is 0 Å². The maximum atomic E-state index is 6.06. The van der Waals surface area contributed by atoms with E-state index >= 15 is 0 Å². The van der Waals surface area contributed by atoms with E-state index in [4.69, 9.17) is 5.73 Å². The van der Waals surface area contributed by atoms with Gasteiger partial charge in [0.1, 0.15) is 0 Å². The molecule has 84 valence electrons. The first-order valence-electron chi connectivity index (χ1n) is 6.33. The van der Waals surface area contributed by atoms with E-state index < -0.39 is 0 Å². The first-order chi connectivity index (χ1) is 6.84. The van der Waals surface area contributed by atoms with E-state index in [0.717, 1.165) is 0 Å². The summed E-state index contributed by atoms with van der Waals surface area (Å²) in [6.45, 7) is 3.42. The lowest BCUT2D eigenvalue weighted by molar-refractivity contribution is 0.326. The zero-order valence-corrected chi connectivity index (χ0v) is 9.60. The van der Waals surface area contributed by atoms with Gasteiger partial charge in [0, 0.05) is 12.1 Å². The normalized spacial score (nSPS) is 27.9. The second-order valence-corrected chi connectivity index (χ2v) is 4.57. The SMILES string of the molecule is CCCCCCNC1CCCCC1N. The van der Waals surface area contributed by atoms with Crippen LogP contribution in [0.15, 0.2) is 0 Å². The first kappa shape index (κ1) is 12.0. The minimum Gasteiger partial charge on any atom is -0.326 e. The largest absolute Gasteiger partial charge is 0.326 e. The lowest BCUT2D eigenvalue weighted by Gasteiger charge is -2.29. The van der Waals surface area contributed by atoms with Crippen molar-refractivity contribution in [3.8, 4) is 0 Å². The Hall–Kier alpha value is -0.0800. The molecule has 0 aliphatic heterocycles. The van der Waals surface area contributed by atoms with Crippen molar-refractivity contribution in [2.45, 2.75) is 70.4 Å². The molecule has 1 aliphatic rings. The van der Waals surface area contributed by atoms with E-state index in [1.165, 1.54) is 57.9 Å². The van der Waals surface area contributed by atoms with Crippen LogP contribution >= 0.6 is 0 Å². The minimum atomic E-state index is 0.412. The van der Waals surface area contributed by atoms with Crippen molar-refractivity contribution in [1.82, 2.24) is 5.32 Å². The van der Waals surface area contributed by atoms with Gasteiger partial charge in [-0.2, -0.15) is 0 Å². The van der Waals surface area contributed by atoms with Gasteiger partial charge in [-0.3, -0.25) is 0 Å². The molecule has 1 fully saturated rings. The van der Waals surface area contributed by atoms with Crippen molar-refractivity contribution < 1.29 is 0 Å². The van der Waals surface area contributed by atoms with Crippen molar-refractivity contribution in [1.29, 1.82) is 0 Å². The second-order valence-electron chi connectivity index (χ2n) is 4.57. The molecule has 0 aromatic rings. The minimum absolute atomic E-state index is 0.412. The molecule has 2 nitrogen and oxygen atoms in total. The monoisotopic (exact) mass is 198 g/mol. The van der Waals surface area contributed by atoms with Crippen LogP contribution in [0.5, 0.6) is 0 Å². The predicted molar refractivity (Wildman–Crippen MR) is 62.4 cm³/mol. The number of hydrogen-bond acceptors (Lipinski definition) is 2. The zero-order chi connectivity index (χ0) is 10.2. The summed E-state index contributed by atoms with van der Waals surface area (Å²) in [4.78, 5) is 0. The number of nitrogens with one attached hydrogen (secondary N) is 1. The molecule has 0 radical (unpaired) electrons. The number of hydrogen-bond donors (Lipinski definition) is 2. The van der Waals surface area contributed by atoms with Gasteiger partial charge in [-0.15, -0.1) is 0 Å². The van der Waals surface area contributed by atoms with Gasteiger partial charge in [0.2, 0.25) is 0 Å². The van der Waals surface area contributed by atoms with Gasteiger partial charge in [-0.25, -0.2) is 0 Å². The third-order valence-electron chi connectivity index (χ3n) is 3.26. The average Bonchev–Trinajstić information content (AvgIpc) is 2.20. The van der Waals surface area contributed by atoms with E-state index in [2.05, 4.69) is 12.2 Å². The summed E-state index contributed by atoms with van der Waals surface area (Å²) >= 11 is 0. The van der Waals surface area contributed by atoms with E-state index in [9.17, 15) is 0 Å². The molecule has 14 heavy (non-hydrogen) atoms. The van der Waals surface area contributed by atoms with E-state index in [1.54, 1.807) is 0 Å². The molecular formula is C12H26N2. The third kappa shape index (κ3) is 4.43. The van der Waals surface area contributed by atoms with Crippen LogP contribution in [0.3, 0.4) is 0 Å². The van der Waals surface area contributed by atoms with Crippen molar-refractivity contribution >= 4 is 0 Å².